The molecule has 2 aromatic carbocycles. The van der Waals surface area contributed by atoms with Crippen molar-refractivity contribution in [1.82, 2.24) is 5.32 Å². The van der Waals surface area contributed by atoms with Crippen LogP contribution in [0.1, 0.15) is 37.3 Å². The summed E-state index contributed by atoms with van der Waals surface area (Å²) in [6.45, 7) is 4.61. The molecule has 2 N–H and O–H groups in total. The molecular formula is C20H23FN2O2. The van der Waals surface area contributed by atoms with Crippen molar-refractivity contribution in [1.29, 1.82) is 0 Å². The molecule has 0 aliphatic carbocycles. The van der Waals surface area contributed by atoms with Crippen LogP contribution in [0.2, 0.25) is 0 Å². The Morgan fingerprint density at radius 1 is 0.960 bits per heavy atom. The molecular weight excluding hydrogens is 319 g/mol. The van der Waals surface area contributed by atoms with Crippen molar-refractivity contribution in [3.8, 4) is 0 Å². The number of halogens is 1. The van der Waals surface area contributed by atoms with E-state index in [1.807, 2.05) is 24.3 Å². The molecule has 0 atom stereocenters. The quantitative estimate of drug-likeness (QED) is 0.755. The van der Waals surface area contributed by atoms with Crippen molar-refractivity contribution < 1.29 is 14.0 Å². The maximum atomic E-state index is 12.8. The third-order valence-corrected chi connectivity index (χ3v) is 3.83. The Kier molecular flexibility index (Phi) is 6.69. The van der Waals surface area contributed by atoms with E-state index in [0.717, 1.165) is 5.56 Å². The van der Waals surface area contributed by atoms with E-state index in [1.54, 1.807) is 12.1 Å². The molecule has 0 spiro atoms. The lowest BCUT2D eigenvalue weighted by Gasteiger charge is -2.09. The molecule has 2 aromatic rings. The normalized spacial score (nSPS) is 10.6. The molecule has 132 valence electrons. The standard InChI is InChI=1S/C20H23FN2O2/c1-14(2)16-5-9-18(10-6-16)23-20(25)13-19(24)22-12-11-15-3-7-17(21)8-4-15/h3-10,14H,11-13H2,1-2H3,(H,22,24)(H,23,25). The minimum absolute atomic E-state index is 0.227. The second-order valence-corrected chi connectivity index (χ2v) is 6.23. The number of rotatable bonds is 7. The highest BCUT2D eigenvalue weighted by Crippen LogP contribution is 2.17. The maximum absolute atomic E-state index is 12.8. The van der Waals surface area contributed by atoms with Gasteiger partial charge in [-0.3, -0.25) is 9.59 Å². The van der Waals surface area contributed by atoms with Gasteiger partial charge in [-0.15, -0.1) is 0 Å². The number of amides is 2. The van der Waals surface area contributed by atoms with Gasteiger partial charge in [-0.2, -0.15) is 0 Å². The van der Waals surface area contributed by atoms with Crippen LogP contribution in [0.4, 0.5) is 10.1 Å². The zero-order valence-electron chi connectivity index (χ0n) is 14.5. The first-order chi connectivity index (χ1) is 11.9. The number of hydrogen-bond donors (Lipinski definition) is 2. The van der Waals surface area contributed by atoms with Gasteiger partial charge in [0.2, 0.25) is 11.8 Å². The number of nitrogens with one attached hydrogen (secondary N) is 2. The van der Waals surface area contributed by atoms with E-state index >= 15 is 0 Å². The van der Waals surface area contributed by atoms with Crippen molar-refractivity contribution >= 4 is 17.5 Å². The van der Waals surface area contributed by atoms with Gasteiger partial charge in [-0.05, 0) is 47.7 Å². The van der Waals surface area contributed by atoms with E-state index in [2.05, 4.69) is 24.5 Å². The minimum Gasteiger partial charge on any atom is -0.355 e. The first-order valence-corrected chi connectivity index (χ1v) is 8.35. The Hall–Kier alpha value is -2.69. The van der Waals surface area contributed by atoms with Gasteiger partial charge < -0.3 is 10.6 Å². The Morgan fingerprint density at radius 2 is 1.60 bits per heavy atom. The van der Waals surface area contributed by atoms with Crippen LogP contribution in [-0.4, -0.2) is 18.4 Å². The summed E-state index contributed by atoms with van der Waals surface area (Å²) in [5.74, 6) is -0.544. The molecule has 0 radical (unpaired) electrons. The van der Waals surface area contributed by atoms with E-state index in [0.29, 0.717) is 24.6 Å². The van der Waals surface area contributed by atoms with Crippen LogP contribution in [0.5, 0.6) is 0 Å². The molecule has 0 aromatic heterocycles. The Balaban J connectivity index is 1.72. The largest absolute Gasteiger partial charge is 0.355 e. The van der Waals surface area contributed by atoms with Crippen molar-refractivity contribution in [2.45, 2.75) is 32.6 Å². The molecule has 4 nitrogen and oxygen atoms in total. The fourth-order valence-corrected chi connectivity index (χ4v) is 2.36. The minimum atomic E-state index is -0.350. The molecule has 0 heterocycles. The zero-order valence-corrected chi connectivity index (χ0v) is 14.5. The van der Waals surface area contributed by atoms with E-state index in [-0.39, 0.29) is 24.1 Å². The number of anilines is 1. The molecule has 2 amide bonds. The third kappa shape index (κ3) is 6.37. The first-order valence-electron chi connectivity index (χ1n) is 8.35. The van der Waals surface area contributed by atoms with Crippen LogP contribution in [-0.2, 0) is 16.0 Å². The highest BCUT2D eigenvalue weighted by molar-refractivity contribution is 6.03. The second kappa shape index (κ2) is 8.97. The summed E-state index contributed by atoms with van der Waals surface area (Å²) >= 11 is 0. The maximum Gasteiger partial charge on any atom is 0.233 e. The molecule has 0 unspecified atom stereocenters. The van der Waals surface area contributed by atoms with Gasteiger partial charge in [-0.25, -0.2) is 4.39 Å². The fraction of sp³-hybridized carbons (Fsp3) is 0.300. The molecule has 25 heavy (non-hydrogen) atoms. The van der Waals surface area contributed by atoms with Gasteiger partial charge in [0.25, 0.3) is 0 Å². The van der Waals surface area contributed by atoms with Crippen LogP contribution < -0.4 is 10.6 Å². The van der Waals surface area contributed by atoms with Gasteiger partial charge in [0.1, 0.15) is 12.2 Å². The highest BCUT2D eigenvalue weighted by Gasteiger charge is 2.09. The number of hydrogen-bond acceptors (Lipinski definition) is 2. The SMILES string of the molecule is CC(C)c1ccc(NC(=O)CC(=O)NCCc2ccc(F)cc2)cc1. The predicted molar refractivity (Wildman–Crippen MR) is 96.9 cm³/mol. The van der Waals surface area contributed by atoms with E-state index in [4.69, 9.17) is 0 Å². The second-order valence-electron chi connectivity index (χ2n) is 6.23. The van der Waals surface area contributed by atoms with Crippen molar-refractivity contribution in [2.24, 2.45) is 0 Å². The van der Waals surface area contributed by atoms with Crippen LogP contribution in [0.3, 0.4) is 0 Å². The van der Waals surface area contributed by atoms with Gasteiger partial charge in [0.05, 0.1) is 0 Å². The zero-order chi connectivity index (χ0) is 18.2. The lowest BCUT2D eigenvalue weighted by Crippen LogP contribution is -2.29. The molecule has 0 bridgehead atoms. The third-order valence-electron chi connectivity index (χ3n) is 3.83. The average molecular weight is 342 g/mol. The first kappa shape index (κ1) is 18.6. The van der Waals surface area contributed by atoms with Crippen molar-refractivity contribution in [3.63, 3.8) is 0 Å². The lowest BCUT2D eigenvalue weighted by atomic mass is 10.0. The molecule has 0 saturated heterocycles. The Morgan fingerprint density at radius 3 is 2.20 bits per heavy atom. The monoisotopic (exact) mass is 342 g/mol. The van der Waals surface area contributed by atoms with Crippen LogP contribution in [0.15, 0.2) is 48.5 Å². The van der Waals surface area contributed by atoms with Crippen molar-refractivity contribution in [3.05, 3.63) is 65.5 Å². The van der Waals surface area contributed by atoms with Crippen LogP contribution >= 0.6 is 0 Å². The smallest absolute Gasteiger partial charge is 0.233 e. The summed E-state index contributed by atoms with van der Waals surface area (Å²) in [6, 6.07) is 13.7. The van der Waals surface area contributed by atoms with Gasteiger partial charge in [0, 0.05) is 12.2 Å². The molecule has 2 rings (SSSR count). The topological polar surface area (TPSA) is 58.2 Å². The van der Waals surface area contributed by atoms with Crippen LogP contribution in [0.25, 0.3) is 0 Å². The van der Waals surface area contributed by atoms with Gasteiger partial charge in [0.15, 0.2) is 0 Å². The lowest BCUT2D eigenvalue weighted by molar-refractivity contribution is -0.126. The van der Waals surface area contributed by atoms with E-state index < -0.39 is 0 Å². The molecule has 0 saturated carbocycles. The summed E-state index contributed by atoms with van der Waals surface area (Å²) in [6.07, 6.45) is 0.361. The number of benzene rings is 2. The fourth-order valence-electron chi connectivity index (χ4n) is 2.36. The molecule has 5 heteroatoms. The molecule has 0 aliphatic rings. The highest BCUT2D eigenvalue weighted by atomic mass is 19.1. The van der Waals surface area contributed by atoms with Gasteiger partial charge >= 0.3 is 0 Å². The summed E-state index contributed by atoms with van der Waals surface area (Å²) in [5, 5.41) is 5.40. The molecule has 0 fully saturated rings. The number of carbonyl (C=O) groups excluding carboxylic acids is 2. The van der Waals surface area contributed by atoms with Crippen LogP contribution in [0, 0.1) is 5.82 Å². The predicted octanol–water partition coefficient (Wildman–Crippen LogP) is 3.64. The summed E-state index contributed by atoms with van der Waals surface area (Å²) in [4.78, 5) is 23.7. The number of carbonyl (C=O) groups is 2. The van der Waals surface area contributed by atoms with E-state index in [9.17, 15) is 14.0 Å². The molecule has 0 aliphatic heterocycles. The summed E-state index contributed by atoms with van der Waals surface area (Å²) in [7, 11) is 0. The average Bonchev–Trinajstić information content (AvgIpc) is 2.57. The van der Waals surface area contributed by atoms with E-state index in [1.165, 1.54) is 17.7 Å². The Labute approximate surface area is 147 Å². The van der Waals surface area contributed by atoms with Crippen molar-refractivity contribution in [2.75, 3.05) is 11.9 Å². The summed E-state index contributed by atoms with van der Waals surface area (Å²) in [5.41, 5.74) is 2.79. The van der Waals surface area contributed by atoms with Gasteiger partial charge in [-0.1, -0.05) is 38.1 Å². The Bertz CT molecular complexity index is 709. The summed E-state index contributed by atoms with van der Waals surface area (Å²) < 4.78 is 12.8.